The summed E-state index contributed by atoms with van der Waals surface area (Å²) in [7, 11) is 0. The normalized spacial score (nSPS) is 17.3. The summed E-state index contributed by atoms with van der Waals surface area (Å²) in [5, 5.41) is 6.62. The van der Waals surface area contributed by atoms with E-state index in [0.717, 1.165) is 30.0 Å². The Kier molecular flexibility index (Phi) is 5.11. The van der Waals surface area contributed by atoms with E-state index in [0.29, 0.717) is 12.1 Å². The molecule has 2 atom stereocenters. The SMILES string of the molecule is CCC1CNc2cc(C(=O)C(C)NCc3ccncc3)ccc2O1. The van der Waals surface area contributed by atoms with Crippen LogP contribution >= 0.6 is 0 Å². The fourth-order valence-corrected chi connectivity index (χ4v) is 2.71. The zero-order valence-corrected chi connectivity index (χ0v) is 14.1. The number of ketones is 1. The van der Waals surface area contributed by atoms with E-state index in [9.17, 15) is 4.79 Å². The zero-order valence-electron chi connectivity index (χ0n) is 14.1. The van der Waals surface area contributed by atoms with Crippen LogP contribution in [0.1, 0.15) is 36.2 Å². The monoisotopic (exact) mass is 325 g/mol. The van der Waals surface area contributed by atoms with Crippen LogP contribution in [0.3, 0.4) is 0 Å². The molecule has 126 valence electrons. The molecule has 24 heavy (non-hydrogen) atoms. The number of carbonyl (C=O) groups excluding carboxylic acids is 1. The van der Waals surface area contributed by atoms with E-state index in [2.05, 4.69) is 22.5 Å². The van der Waals surface area contributed by atoms with Gasteiger partial charge in [0.15, 0.2) is 5.78 Å². The molecule has 1 aromatic carbocycles. The third-order valence-electron chi connectivity index (χ3n) is 4.29. The number of hydrogen-bond donors (Lipinski definition) is 2. The minimum Gasteiger partial charge on any atom is -0.486 e. The van der Waals surface area contributed by atoms with Crippen molar-refractivity contribution in [3.8, 4) is 5.75 Å². The van der Waals surface area contributed by atoms with Gasteiger partial charge in [0.25, 0.3) is 0 Å². The molecule has 1 aromatic heterocycles. The van der Waals surface area contributed by atoms with Gasteiger partial charge >= 0.3 is 0 Å². The van der Waals surface area contributed by atoms with Gasteiger partial charge in [0, 0.05) is 24.5 Å². The van der Waals surface area contributed by atoms with Crippen LogP contribution in [-0.2, 0) is 6.54 Å². The molecule has 0 spiro atoms. The topological polar surface area (TPSA) is 63.2 Å². The van der Waals surface area contributed by atoms with Gasteiger partial charge in [-0.3, -0.25) is 9.78 Å². The standard InChI is InChI=1S/C19H23N3O2/c1-3-16-12-22-17-10-15(4-5-18(17)24-16)19(23)13(2)21-11-14-6-8-20-9-7-14/h4-10,13,16,21-22H,3,11-12H2,1-2H3. The first-order chi connectivity index (χ1) is 11.7. The van der Waals surface area contributed by atoms with Gasteiger partial charge in [-0.1, -0.05) is 6.92 Å². The van der Waals surface area contributed by atoms with Crippen LogP contribution in [0.5, 0.6) is 5.75 Å². The van der Waals surface area contributed by atoms with Crippen LogP contribution in [0, 0.1) is 0 Å². The number of nitrogens with one attached hydrogen (secondary N) is 2. The Balaban J connectivity index is 1.64. The number of Topliss-reactive ketones (excluding diaryl/α,β-unsaturated/α-hetero) is 1. The lowest BCUT2D eigenvalue weighted by Gasteiger charge is -2.27. The smallest absolute Gasteiger partial charge is 0.179 e. The molecule has 0 radical (unpaired) electrons. The molecule has 0 bridgehead atoms. The number of pyridine rings is 1. The first kappa shape index (κ1) is 16.5. The fourth-order valence-electron chi connectivity index (χ4n) is 2.71. The lowest BCUT2D eigenvalue weighted by atomic mass is 10.0. The van der Waals surface area contributed by atoms with E-state index < -0.39 is 0 Å². The summed E-state index contributed by atoms with van der Waals surface area (Å²) in [5.74, 6) is 0.897. The quantitative estimate of drug-likeness (QED) is 0.799. The highest BCUT2D eigenvalue weighted by Crippen LogP contribution is 2.31. The van der Waals surface area contributed by atoms with Crippen LogP contribution in [0.25, 0.3) is 0 Å². The number of ether oxygens (including phenoxy) is 1. The number of aromatic nitrogens is 1. The van der Waals surface area contributed by atoms with E-state index in [4.69, 9.17) is 4.74 Å². The number of anilines is 1. The number of hydrogen-bond acceptors (Lipinski definition) is 5. The number of fused-ring (bicyclic) bond motifs is 1. The van der Waals surface area contributed by atoms with Crippen LogP contribution in [0.2, 0.25) is 0 Å². The van der Waals surface area contributed by atoms with Crippen molar-refractivity contribution in [2.75, 3.05) is 11.9 Å². The second-order valence-electron chi connectivity index (χ2n) is 6.06. The Hall–Kier alpha value is -2.40. The van der Waals surface area contributed by atoms with Gasteiger partial charge in [0.05, 0.1) is 18.3 Å². The predicted molar refractivity (Wildman–Crippen MR) is 94.5 cm³/mol. The van der Waals surface area contributed by atoms with Crippen molar-refractivity contribution in [1.82, 2.24) is 10.3 Å². The van der Waals surface area contributed by atoms with Gasteiger partial charge in [-0.2, -0.15) is 0 Å². The van der Waals surface area contributed by atoms with Gasteiger partial charge in [0.2, 0.25) is 0 Å². The molecule has 2 N–H and O–H groups in total. The van der Waals surface area contributed by atoms with Gasteiger partial charge in [0.1, 0.15) is 11.9 Å². The Morgan fingerprint density at radius 1 is 1.38 bits per heavy atom. The van der Waals surface area contributed by atoms with Crippen molar-refractivity contribution in [2.24, 2.45) is 0 Å². The van der Waals surface area contributed by atoms with Crippen molar-refractivity contribution in [2.45, 2.75) is 39.0 Å². The molecule has 5 heteroatoms. The van der Waals surface area contributed by atoms with Gasteiger partial charge in [-0.25, -0.2) is 0 Å². The van der Waals surface area contributed by atoms with Gasteiger partial charge in [-0.15, -0.1) is 0 Å². The van der Waals surface area contributed by atoms with Gasteiger partial charge in [-0.05, 0) is 49.2 Å². The highest BCUT2D eigenvalue weighted by atomic mass is 16.5. The summed E-state index contributed by atoms with van der Waals surface area (Å²) in [6.45, 7) is 5.41. The number of rotatable bonds is 6. The summed E-state index contributed by atoms with van der Waals surface area (Å²) >= 11 is 0. The molecular formula is C19H23N3O2. The van der Waals surface area contributed by atoms with Crippen LogP contribution in [0.15, 0.2) is 42.7 Å². The Bertz CT molecular complexity index is 703. The van der Waals surface area contributed by atoms with E-state index in [1.807, 2.05) is 37.3 Å². The maximum atomic E-state index is 12.6. The van der Waals surface area contributed by atoms with Crippen molar-refractivity contribution in [1.29, 1.82) is 0 Å². The average Bonchev–Trinajstić information content (AvgIpc) is 2.65. The minimum atomic E-state index is -0.260. The Morgan fingerprint density at radius 3 is 2.92 bits per heavy atom. The predicted octanol–water partition coefficient (Wildman–Crippen LogP) is 3.03. The highest BCUT2D eigenvalue weighted by molar-refractivity contribution is 6.01. The molecule has 0 amide bonds. The molecule has 2 aromatic rings. The molecule has 2 unspecified atom stereocenters. The molecule has 1 aliphatic heterocycles. The highest BCUT2D eigenvalue weighted by Gasteiger charge is 2.21. The second-order valence-corrected chi connectivity index (χ2v) is 6.06. The summed E-state index contributed by atoms with van der Waals surface area (Å²) in [6.07, 6.45) is 4.66. The maximum absolute atomic E-state index is 12.6. The lowest BCUT2D eigenvalue weighted by molar-refractivity contribution is 0.0950. The summed E-state index contributed by atoms with van der Waals surface area (Å²) in [5.41, 5.74) is 2.69. The number of benzene rings is 1. The summed E-state index contributed by atoms with van der Waals surface area (Å²) in [4.78, 5) is 16.6. The summed E-state index contributed by atoms with van der Waals surface area (Å²) in [6, 6.07) is 9.22. The summed E-state index contributed by atoms with van der Waals surface area (Å²) < 4.78 is 5.89. The largest absolute Gasteiger partial charge is 0.486 e. The molecule has 5 nitrogen and oxygen atoms in total. The first-order valence-corrected chi connectivity index (χ1v) is 8.38. The molecule has 0 saturated heterocycles. The molecular weight excluding hydrogens is 302 g/mol. The van der Waals surface area contributed by atoms with Crippen molar-refractivity contribution < 1.29 is 9.53 Å². The number of nitrogens with zero attached hydrogens (tertiary/aromatic N) is 1. The first-order valence-electron chi connectivity index (χ1n) is 8.38. The molecule has 0 fully saturated rings. The van der Waals surface area contributed by atoms with Crippen molar-refractivity contribution in [3.63, 3.8) is 0 Å². The Morgan fingerprint density at radius 2 is 2.17 bits per heavy atom. The lowest BCUT2D eigenvalue weighted by Crippen LogP contribution is -2.34. The van der Waals surface area contributed by atoms with Crippen LogP contribution in [-0.4, -0.2) is 29.5 Å². The van der Waals surface area contributed by atoms with E-state index in [-0.39, 0.29) is 17.9 Å². The molecule has 3 rings (SSSR count). The molecule has 2 heterocycles. The average molecular weight is 325 g/mol. The molecule has 1 aliphatic rings. The Labute approximate surface area is 142 Å². The fraction of sp³-hybridized carbons (Fsp3) is 0.368. The van der Waals surface area contributed by atoms with E-state index in [1.54, 1.807) is 12.4 Å². The van der Waals surface area contributed by atoms with Crippen LogP contribution < -0.4 is 15.4 Å². The zero-order chi connectivity index (χ0) is 16.9. The number of carbonyl (C=O) groups is 1. The van der Waals surface area contributed by atoms with Crippen LogP contribution in [0.4, 0.5) is 5.69 Å². The third-order valence-corrected chi connectivity index (χ3v) is 4.29. The second kappa shape index (κ2) is 7.45. The van der Waals surface area contributed by atoms with E-state index >= 15 is 0 Å². The minimum absolute atomic E-state index is 0.0753. The molecule has 0 aliphatic carbocycles. The van der Waals surface area contributed by atoms with Crippen molar-refractivity contribution in [3.05, 3.63) is 53.9 Å². The third kappa shape index (κ3) is 3.74. The van der Waals surface area contributed by atoms with Gasteiger partial charge < -0.3 is 15.4 Å². The van der Waals surface area contributed by atoms with Crippen molar-refractivity contribution >= 4 is 11.5 Å². The maximum Gasteiger partial charge on any atom is 0.179 e. The molecule has 0 saturated carbocycles. The van der Waals surface area contributed by atoms with E-state index in [1.165, 1.54) is 0 Å².